The van der Waals surface area contributed by atoms with Gasteiger partial charge in [-0.3, -0.25) is 0 Å². The van der Waals surface area contributed by atoms with Crippen molar-refractivity contribution in [2.24, 2.45) is 0 Å². The number of rotatable bonds is 3. The molecule has 0 saturated carbocycles. The largest absolute Gasteiger partial charge is 0.362 e. The number of anilines is 1. The maximum absolute atomic E-state index is 9.16. The topological polar surface area (TPSA) is 103 Å². The average Bonchev–Trinajstić information content (AvgIpc) is 2.97. The zero-order valence-electron chi connectivity index (χ0n) is 9.83. The molecule has 0 spiro atoms. The molecule has 0 aliphatic carbocycles. The predicted octanol–water partition coefficient (Wildman–Crippen LogP) is 1.23. The predicted molar refractivity (Wildman–Crippen MR) is 68.0 cm³/mol. The molecule has 2 heterocycles. The summed E-state index contributed by atoms with van der Waals surface area (Å²) in [4.78, 5) is 4.43. The van der Waals surface area contributed by atoms with Crippen molar-refractivity contribution in [1.29, 1.82) is 5.26 Å². The Balaban J connectivity index is 1.95. The zero-order valence-corrected chi connectivity index (χ0v) is 9.83. The fourth-order valence-electron chi connectivity index (χ4n) is 1.76. The Morgan fingerprint density at radius 3 is 3.00 bits per heavy atom. The molecular formula is C12H9N7. The number of nitrogens with one attached hydrogen (secondary N) is 2. The van der Waals surface area contributed by atoms with Crippen LogP contribution in [-0.4, -0.2) is 25.6 Å². The lowest BCUT2D eigenvalue weighted by Gasteiger charge is -2.06. The lowest BCUT2D eigenvalue weighted by atomic mass is 10.1. The molecule has 2 aromatic heterocycles. The number of para-hydroxylation sites is 1. The maximum atomic E-state index is 9.16. The second kappa shape index (κ2) is 4.70. The summed E-state index contributed by atoms with van der Waals surface area (Å²) in [5, 5.41) is 26.6. The first-order chi connectivity index (χ1) is 9.36. The Bertz CT molecular complexity index is 742. The summed E-state index contributed by atoms with van der Waals surface area (Å²) >= 11 is 0. The van der Waals surface area contributed by atoms with E-state index in [0.29, 0.717) is 23.8 Å². The molecule has 3 aromatic rings. The van der Waals surface area contributed by atoms with Gasteiger partial charge in [-0.15, -0.1) is 10.2 Å². The number of pyridine rings is 1. The van der Waals surface area contributed by atoms with E-state index < -0.39 is 0 Å². The Labute approximate surface area is 108 Å². The van der Waals surface area contributed by atoms with E-state index in [-0.39, 0.29) is 0 Å². The van der Waals surface area contributed by atoms with Gasteiger partial charge < -0.3 is 5.32 Å². The summed E-state index contributed by atoms with van der Waals surface area (Å²) in [6.07, 6.45) is 0. The number of hydrogen-bond donors (Lipinski definition) is 2. The molecule has 7 heteroatoms. The summed E-state index contributed by atoms with van der Waals surface area (Å²) in [5.74, 6) is 1.03. The van der Waals surface area contributed by atoms with Gasteiger partial charge in [-0.1, -0.05) is 23.4 Å². The minimum Gasteiger partial charge on any atom is -0.362 e. The maximum Gasteiger partial charge on any atom is 0.193 e. The summed E-state index contributed by atoms with van der Waals surface area (Å²) in [6, 6.07) is 11.6. The first-order valence-corrected chi connectivity index (χ1v) is 5.63. The van der Waals surface area contributed by atoms with Crippen molar-refractivity contribution in [3.8, 4) is 6.07 Å². The van der Waals surface area contributed by atoms with Crippen molar-refractivity contribution in [3.63, 3.8) is 0 Å². The number of H-pyrrole nitrogens is 1. The van der Waals surface area contributed by atoms with Crippen LogP contribution in [0.2, 0.25) is 0 Å². The standard InChI is InChI=1S/C12H9N7/c13-6-9-5-8-3-1-2-4-10(8)15-12(9)14-7-11-16-18-19-17-11/h1-5H,7H2,(H,14,15)(H,16,17,18,19). The normalized spacial score (nSPS) is 10.3. The van der Waals surface area contributed by atoms with Crippen LogP contribution < -0.4 is 5.32 Å². The van der Waals surface area contributed by atoms with E-state index in [4.69, 9.17) is 5.26 Å². The second-order valence-corrected chi connectivity index (χ2v) is 3.87. The van der Waals surface area contributed by atoms with Crippen LogP contribution >= 0.6 is 0 Å². The highest BCUT2D eigenvalue weighted by atomic mass is 15.5. The molecule has 0 saturated heterocycles. The molecule has 0 amide bonds. The van der Waals surface area contributed by atoms with E-state index in [1.54, 1.807) is 6.07 Å². The van der Waals surface area contributed by atoms with Gasteiger partial charge >= 0.3 is 0 Å². The van der Waals surface area contributed by atoms with Crippen LogP contribution in [0.5, 0.6) is 0 Å². The molecular weight excluding hydrogens is 242 g/mol. The van der Waals surface area contributed by atoms with Gasteiger partial charge in [-0.25, -0.2) is 4.98 Å². The molecule has 0 aliphatic rings. The molecule has 0 unspecified atom stereocenters. The second-order valence-electron chi connectivity index (χ2n) is 3.87. The monoisotopic (exact) mass is 251 g/mol. The Kier molecular flexibility index (Phi) is 2.74. The SMILES string of the molecule is N#Cc1cc2ccccc2nc1NCc1nn[nH]n1. The quantitative estimate of drug-likeness (QED) is 0.725. The number of tetrazole rings is 1. The third-order valence-corrected chi connectivity index (χ3v) is 2.65. The molecule has 2 N–H and O–H groups in total. The number of aromatic amines is 1. The molecule has 3 rings (SSSR count). The van der Waals surface area contributed by atoms with E-state index in [1.165, 1.54) is 0 Å². The lowest BCUT2D eigenvalue weighted by Crippen LogP contribution is -2.05. The van der Waals surface area contributed by atoms with Crippen LogP contribution in [0.15, 0.2) is 30.3 Å². The van der Waals surface area contributed by atoms with Crippen LogP contribution in [0.1, 0.15) is 11.4 Å². The summed E-state index contributed by atoms with van der Waals surface area (Å²) in [5.41, 5.74) is 1.32. The fraction of sp³-hybridized carbons (Fsp3) is 0.0833. The number of hydrogen-bond acceptors (Lipinski definition) is 6. The minimum absolute atomic E-state index is 0.358. The van der Waals surface area contributed by atoms with Crippen LogP contribution in [0, 0.1) is 11.3 Å². The molecule has 0 radical (unpaired) electrons. The van der Waals surface area contributed by atoms with Gasteiger partial charge in [0.2, 0.25) is 0 Å². The Hall–Kier alpha value is -3.01. The van der Waals surface area contributed by atoms with Crippen LogP contribution in [0.4, 0.5) is 5.82 Å². The van der Waals surface area contributed by atoms with Crippen molar-refractivity contribution in [1.82, 2.24) is 25.6 Å². The molecule has 0 fully saturated rings. The van der Waals surface area contributed by atoms with Crippen molar-refractivity contribution < 1.29 is 0 Å². The smallest absolute Gasteiger partial charge is 0.193 e. The van der Waals surface area contributed by atoms with E-state index in [2.05, 4.69) is 37.0 Å². The van der Waals surface area contributed by atoms with Gasteiger partial charge in [0.25, 0.3) is 0 Å². The molecule has 0 atom stereocenters. The molecule has 19 heavy (non-hydrogen) atoms. The number of fused-ring (bicyclic) bond motifs is 1. The number of aromatic nitrogens is 5. The zero-order chi connectivity index (χ0) is 13.1. The summed E-state index contributed by atoms with van der Waals surface area (Å²) in [6.45, 7) is 0.358. The highest BCUT2D eigenvalue weighted by Gasteiger charge is 2.07. The number of nitrogens with zero attached hydrogens (tertiary/aromatic N) is 5. The first-order valence-electron chi connectivity index (χ1n) is 5.63. The van der Waals surface area contributed by atoms with Crippen molar-refractivity contribution in [2.45, 2.75) is 6.54 Å². The van der Waals surface area contributed by atoms with Crippen molar-refractivity contribution in [2.75, 3.05) is 5.32 Å². The van der Waals surface area contributed by atoms with E-state index in [0.717, 1.165) is 10.9 Å². The summed E-state index contributed by atoms with van der Waals surface area (Å²) in [7, 11) is 0. The number of nitriles is 1. The van der Waals surface area contributed by atoms with Gasteiger partial charge in [-0.2, -0.15) is 10.5 Å². The van der Waals surface area contributed by atoms with E-state index in [9.17, 15) is 0 Å². The van der Waals surface area contributed by atoms with Crippen LogP contribution in [0.3, 0.4) is 0 Å². The number of benzene rings is 1. The highest BCUT2D eigenvalue weighted by molar-refractivity contribution is 5.82. The van der Waals surface area contributed by atoms with E-state index in [1.807, 2.05) is 24.3 Å². The molecule has 0 bridgehead atoms. The van der Waals surface area contributed by atoms with Gasteiger partial charge in [-0.05, 0) is 12.1 Å². The van der Waals surface area contributed by atoms with Gasteiger partial charge in [0.15, 0.2) is 5.82 Å². The summed E-state index contributed by atoms with van der Waals surface area (Å²) < 4.78 is 0. The third-order valence-electron chi connectivity index (χ3n) is 2.65. The molecule has 7 nitrogen and oxygen atoms in total. The minimum atomic E-state index is 0.358. The van der Waals surface area contributed by atoms with Gasteiger partial charge in [0, 0.05) is 5.39 Å². The van der Waals surface area contributed by atoms with Crippen LogP contribution in [0.25, 0.3) is 10.9 Å². The molecule has 92 valence electrons. The lowest BCUT2D eigenvalue weighted by molar-refractivity contribution is 0.881. The Morgan fingerprint density at radius 2 is 2.21 bits per heavy atom. The van der Waals surface area contributed by atoms with Gasteiger partial charge in [0.05, 0.1) is 17.6 Å². The van der Waals surface area contributed by atoms with E-state index >= 15 is 0 Å². The van der Waals surface area contributed by atoms with Crippen LogP contribution in [-0.2, 0) is 6.54 Å². The fourth-order valence-corrected chi connectivity index (χ4v) is 1.76. The highest BCUT2D eigenvalue weighted by Crippen LogP contribution is 2.19. The first kappa shape index (κ1) is 11.1. The molecule has 0 aliphatic heterocycles. The van der Waals surface area contributed by atoms with Crippen molar-refractivity contribution in [3.05, 3.63) is 41.7 Å². The third kappa shape index (κ3) is 2.19. The Morgan fingerprint density at radius 1 is 1.32 bits per heavy atom. The van der Waals surface area contributed by atoms with Crippen molar-refractivity contribution >= 4 is 16.7 Å². The molecule has 1 aromatic carbocycles. The van der Waals surface area contributed by atoms with Gasteiger partial charge in [0.1, 0.15) is 11.9 Å². The average molecular weight is 251 g/mol.